The number of nitro groups is 1. The summed E-state index contributed by atoms with van der Waals surface area (Å²) in [6, 6.07) is 8.72. The van der Waals surface area contributed by atoms with E-state index in [-0.39, 0.29) is 22.3 Å². The van der Waals surface area contributed by atoms with Gasteiger partial charge < -0.3 is 4.90 Å². The first kappa shape index (κ1) is 16.1. The summed E-state index contributed by atoms with van der Waals surface area (Å²) >= 11 is 4.84. The number of hydrogen-bond donors (Lipinski definition) is 0. The molecule has 0 N–H and O–H groups in total. The molecule has 1 aliphatic rings. The van der Waals surface area contributed by atoms with Crippen LogP contribution in [-0.2, 0) is 0 Å². The van der Waals surface area contributed by atoms with Gasteiger partial charge in [0.2, 0.25) is 0 Å². The summed E-state index contributed by atoms with van der Waals surface area (Å²) < 4.78 is 0.815. The van der Waals surface area contributed by atoms with Crippen LogP contribution < -0.4 is 4.90 Å². The normalized spacial score (nSPS) is 15.6. The van der Waals surface area contributed by atoms with E-state index in [1.54, 1.807) is 12.1 Å². The number of nitrogens with zero attached hydrogens (tertiary/aromatic N) is 2. The highest BCUT2D eigenvalue weighted by atomic mass is 79.9. The molecule has 2 heterocycles. The molecule has 7 heteroatoms. The van der Waals surface area contributed by atoms with Crippen LogP contribution in [0.2, 0.25) is 0 Å². The van der Waals surface area contributed by atoms with E-state index in [9.17, 15) is 14.9 Å². The lowest BCUT2D eigenvalue weighted by Gasteiger charge is -2.32. The molecular weight excluding hydrogens is 380 g/mol. The molecule has 0 saturated carbocycles. The van der Waals surface area contributed by atoms with Crippen LogP contribution in [0.4, 0.5) is 11.4 Å². The number of piperidine rings is 1. The fourth-order valence-corrected chi connectivity index (χ4v) is 4.00. The third-order valence-electron chi connectivity index (χ3n) is 4.10. The summed E-state index contributed by atoms with van der Waals surface area (Å²) in [4.78, 5) is 26.1. The van der Waals surface area contributed by atoms with Crippen molar-refractivity contribution in [3.05, 3.63) is 55.2 Å². The van der Waals surface area contributed by atoms with E-state index < -0.39 is 0 Å². The molecule has 3 rings (SSSR count). The van der Waals surface area contributed by atoms with Crippen LogP contribution in [0.5, 0.6) is 0 Å². The van der Waals surface area contributed by atoms with E-state index in [1.807, 2.05) is 22.4 Å². The van der Waals surface area contributed by atoms with Gasteiger partial charge in [-0.15, -0.1) is 11.3 Å². The van der Waals surface area contributed by atoms with Crippen molar-refractivity contribution in [3.63, 3.8) is 0 Å². The zero-order chi connectivity index (χ0) is 16.4. The third kappa shape index (κ3) is 3.45. The number of rotatable bonds is 4. The molecule has 5 nitrogen and oxygen atoms in total. The van der Waals surface area contributed by atoms with Crippen molar-refractivity contribution >= 4 is 44.4 Å². The molecule has 0 spiro atoms. The van der Waals surface area contributed by atoms with Gasteiger partial charge in [-0.25, -0.2) is 0 Å². The lowest BCUT2D eigenvalue weighted by Crippen LogP contribution is -2.36. The summed E-state index contributed by atoms with van der Waals surface area (Å²) in [6.07, 6.45) is 1.45. The zero-order valence-electron chi connectivity index (χ0n) is 12.3. The number of anilines is 1. The fourth-order valence-electron chi connectivity index (χ4n) is 2.91. The van der Waals surface area contributed by atoms with Gasteiger partial charge in [0, 0.05) is 29.5 Å². The molecule has 0 aliphatic carbocycles. The van der Waals surface area contributed by atoms with E-state index in [0.29, 0.717) is 18.8 Å². The van der Waals surface area contributed by atoms with Crippen LogP contribution in [0.3, 0.4) is 0 Å². The van der Waals surface area contributed by atoms with Gasteiger partial charge >= 0.3 is 0 Å². The summed E-state index contributed by atoms with van der Waals surface area (Å²) in [5.74, 6) is 0.208. The Hall–Kier alpha value is -1.73. The molecule has 0 bridgehead atoms. The first-order valence-electron chi connectivity index (χ1n) is 7.33. The van der Waals surface area contributed by atoms with Crippen LogP contribution in [-0.4, -0.2) is 23.8 Å². The molecule has 1 aromatic heterocycles. The zero-order valence-corrected chi connectivity index (χ0v) is 14.7. The minimum absolute atomic E-state index is 0.0103. The van der Waals surface area contributed by atoms with Crippen LogP contribution in [0.25, 0.3) is 0 Å². The van der Waals surface area contributed by atoms with Gasteiger partial charge in [-0.3, -0.25) is 14.9 Å². The second kappa shape index (κ2) is 6.80. The minimum Gasteiger partial charge on any atom is -0.366 e. The molecule has 2 aromatic rings. The molecule has 0 amide bonds. The van der Waals surface area contributed by atoms with Gasteiger partial charge in [0.15, 0.2) is 5.78 Å². The second-order valence-corrected chi connectivity index (χ2v) is 7.36. The summed E-state index contributed by atoms with van der Waals surface area (Å²) in [5, 5.41) is 13.1. The number of halogens is 1. The number of thiophene rings is 1. The summed E-state index contributed by atoms with van der Waals surface area (Å²) in [5.41, 5.74) is 0.725. The van der Waals surface area contributed by atoms with Gasteiger partial charge in [-0.1, -0.05) is 22.0 Å². The molecule has 0 atom stereocenters. The van der Waals surface area contributed by atoms with E-state index >= 15 is 0 Å². The van der Waals surface area contributed by atoms with Crippen LogP contribution >= 0.6 is 27.3 Å². The Kier molecular flexibility index (Phi) is 4.77. The van der Waals surface area contributed by atoms with Gasteiger partial charge in [0.05, 0.1) is 9.80 Å². The number of nitro benzene ring substituents is 1. The van der Waals surface area contributed by atoms with E-state index in [1.165, 1.54) is 17.4 Å². The van der Waals surface area contributed by atoms with E-state index in [4.69, 9.17) is 0 Å². The largest absolute Gasteiger partial charge is 0.366 e. The predicted octanol–water partition coefficient (Wildman–Crippen LogP) is 4.52. The molecule has 0 unspecified atom stereocenters. The quantitative estimate of drug-likeness (QED) is 0.434. The Morgan fingerprint density at radius 2 is 2.04 bits per heavy atom. The van der Waals surface area contributed by atoms with Crippen molar-refractivity contribution in [1.82, 2.24) is 0 Å². The molecule has 23 heavy (non-hydrogen) atoms. The Morgan fingerprint density at radius 1 is 1.30 bits per heavy atom. The highest BCUT2D eigenvalue weighted by molar-refractivity contribution is 9.10. The van der Waals surface area contributed by atoms with Crippen molar-refractivity contribution in [2.75, 3.05) is 18.0 Å². The highest BCUT2D eigenvalue weighted by Gasteiger charge is 2.29. The van der Waals surface area contributed by atoms with Crippen molar-refractivity contribution < 1.29 is 9.72 Å². The number of hydrogen-bond acceptors (Lipinski definition) is 5. The van der Waals surface area contributed by atoms with E-state index in [0.717, 1.165) is 22.2 Å². The Labute approximate surface area is 146 Å². The van der Waals surface area contributed by atoms with Gasteiger partial charge in [-0.05, 0) is 36.4 Å². The predicted molar refractivity (Wildman–Crippen MR) is 94.4 cm³/mol. The monoisotopic (exact) mass is 394 g/mol. The maximum absolute atomic E-state index is 12.4. The average molecular weight is 395 g/mol. The first-order chi connectivity index (χ1) is 11.1. The maximum atomic E-state index is 12.4. The van der Waals surface area contributed by atoms with Gasteiger partial charge in [0.1, 0.15) is 5.69 Å². The van der Waals surface area contributed by atoms with Crippen LogP contribution in [0.1, 0.15) is 22.5 Å². The maximum Gasteiger partial charge on any atom is 0.292 e. The highest BCUT2D eigenvalue weighted by Crippen LogP contribution is 2.34. The van der Waals surface area contributed by atoms with Crippen molar-refractivity contribution in [2.45, 2.75) is 12.8 Å². The smallest absolute Gasteiger partial charge is 0.292 e. The average Bonchev–Trinajstić information content (AvgIpc) is 3.08. The molecular formula is C16H15BrN2O3S. The van der Waals surface area contributed by atoms with Crippen LogP contribution in [0.15, 0.2) is 40.2 Å². The van der Waals surface area contributed by atoms with Crippen molar-refractivity contribution in [3.8, 4) is 0 Å². The first-order valence-corrected chi connectivity index (χ1v) is 9.00. The van der Waals surface area contributed by atoms with Crippen molar-refractivity contribution in [2.24, 2.45) is 5.92 Å². The van der Waals surface area contributed by atoms with Crippen molar-refractivity contribution in [1.29, 1.82) is 0 Å². The third-order valence-corrected chi connectivity index (χ3v) is 5.48. The van der Waals surface area contributed by atoms with E-state index in [2.05, 4.69) is 15.9 Å². The number of benzene rings is 1. The summed E-state index contributed by atoms with van der Waals surface area (Å²) in [6.45, 7) is 1.30. The lowest BCUT2D eigenvalue weighted by atomic mass is 9.91. The fraction of sp³-hybridized carbons (Fsp3) is 0.312. The molecule has 1 saturated heterocycles. The molecule has 1 fully saturated rings. The van der Waals surface area contributed by atoms with Gasteiger partial charge in [0.25, 0.3) is 5.69 Å². The number of Topliss-reactive ketones (excluding diaryl/α,β-unsaturated/α-hetero) is 1. The minimum atomic E-state index is -0.356. The molecule has 1 aliphatic heterocycles. The topological polar surface area (TPSA) is 63.5 Å². The second-order valence-electron chi connectivity index (χ2n) is 5.49. The Balaban J connectivity index is 1.73. The SMILES string of the molecule is O=C(c1cccs1)C1CCN(c2cc(Br)ccc2[N+](=O)[O-])CC1. The standard InChI is InChI=1S/C16H15BrN2O3S/c17-12-3-4-13(19(21)22)14(10-12)18-7-5-11(6-8-18)16(20)15-2-1-9-23-15/h1-4,9-11H,5-8H2. The lowest BCUT2D eigenvalue weighted by molar-refractivity contribution is -0.384. The number of carbonyl (C=O) groups is 1. The molecule has 0 radical (unpaired) electrons. The molecule has 1 aromatic carbocycles. The van der Waals surface area contributed by atoms with Crippen LogP contribution in [0, 0.1) is 16.0 Å². The Bertz CT molecular complexity index is 725. The Morgan fingerprint density at radius 3 is 2.65 bits per heavy atom. The van der Waals surface area contributed by atoms with Gasteiger partial charge in [-0.2, -0.15) is 0 Å². The molecule has 120 valence electrons. The number of ketones is 1. The number of carbonyl (C=O) groups excluding carboxylic acids is 1. The summed E-state index contributed by atoms with van der Waals surface area (Å²) in [7, 11) is 0.